The van der Waals surface area contributed by atoms with E-state index in [9.17, 15) is 19.2 Å². The Labute approximate surface area is 193 Å². The lowest BCUT2D eigenvalue weighted by atomic mass is 9.82. The highest BCUT2D eigenvalue weighted by Crippen LogP contribution is 2.29. The van der Waals surface area contributed by atoms with Gasteiger partial charge in [0, 0.05) is 6.42 Å². The first-order chi connectivity index (χ1) is 15.9. The molecule has 2 rings (SSSR count). The third kappa shape index (κ3) is 8.49. The third-order valence-electron chi connectivity index (χ3n) is 5.52. The molecule has 0 saturated heterocycles. The summed E-state index contributed by atoms with van der Waals surface area (Å²) in [4.78, 5) is 48.3. The van der Waals surface area contributed by atoms with Gasteiger partial charge in [0.1, 0.15) is 5.75 Å². The molecule has 0 radical (unpaired) electrons. The molecule has 1 aromatic carbocycles. The van der Waals surface area contributed by atoms with E-state index < -0.39 is 24.0 Å². The molecule has 0 amide bonds. The molecule has 0 atom stereocenters. The second-order valence-corrected chi connectivity index (χ2v) is 7.89. The topological polar surface area (TPSA) is 131 Å². The lowest BCUT2D eigenvalue weighted by Crippen LogP contribution is -2.38. The van der Waals surface area contributed by atoms with Crippen LogP contribution in [-0.4, -0.2) is 49.7 Å². The van der Waals surface area contributed by atoms with Crippen molar-refractivity contribution in [1.82, 2.24) is 0 Å². The van der Waals surface area contributed by atoms with Crippen LogP contribution < -0.4 is 10.5 Å². The SMILES string of the molecule is CCOC(=O)C(OC(=O)CCc1ccc(OC(=O)C2CCC(CN)CC2)cc1)C(=O)OCC. The van der Waals surface area contributed by atoms with Gasteiger partial charge in [0.25, 0.3) is 6.10 Å². The normalized spacial score (nSPS) is 17.8. The Balaban J connectivity index is 1.82. The molecule has 1 aromatic rings. The lowest BCUT2D eigenvalue weighted by molar-refractivity contribution is -0.180. The summed E-state index contributed by atoms with van der Waals surface area (Å²) in [6.07, 6.45) is 1.99. The smallest absolute Gasteiger partial charge is 0.359 e. The lowest BCUT2D eigenvalue weighted by Gasteiger charge is -2.26. The van der Waals surface area contributed by atoms with Crippen molar-refractivity contribution >= 4 is 23.9 Å². The molecule has 182 valence electrons. The molecule has 9 heteroatoms. The monoisotopic (exact) mass is 463 g/mol. The van der Waals surface area contributed by atoms with Crippen molar-refractivity contribution < 1.29 is 38.1 Å². The number of benzene rings is 1. The Bertz CT molecular complexity index is 781. The Hall–Kier alpha value is -2.94. The average molecular weight is 464 g/mol. The minimum atomic E-state index is -1.74. The fraction of sp³-hybridized carbons (Fsp3) is 0.583. The van der Waals surface area contributed by atoms with Gasteiger partial charge in [-0.25, -0.2) is 9.59 Å². The van der Waals surface area contributed by atoms with Gasteiger partial charge in [0.05, 0.1) is 19.1 Å². The quantitative estimate of drug-likeness (QED) is 0.227. The van der Waals surface area contributed by atoms with E-state index >= 15 is 0 Å². The van der Waals surface area contributed by atoms with Crippen LogP contribution in [0.3, 0.4) is 0 Å². The van der Waals surface area contributed by atoms with Crippen LogP contribution in [0.15, 0.2) is 24.3 Å². The first-order valence-corrected chi connectivity index (χ1v) is 11.4. The minimum Gasteiger partial charge on any atom is -0.463 e. The number of esters is 4. The highest BCUT2D eigenvalue weighted by molar-refractivity contribution is 5.99. The molecule has 1 aliphatic carbocycles. The molecule has 1 aliphatic rings. The van der Waals surface area contributed by atoms with E-state index in [1.54, 1.807) is 38.1 Å². The molecule has 1 saturated carbocycles. The van der Waals surface area contributed by atoms with Crippen LogP contribution >= 0.6 is 0 Å². The maximum Gasteiger partial charge on any atom is 0.359 e. The van der Waals surface area contributed by atoms with Crippen LogP contribution in [0.4, 0.5) is 0 Å². The molecule has 0 unspecified atom stereocenters. The molecule has 0 aliphatic heterocycles. The summed E-state index contributed by atoms with van der Waals surface area (Å²) in [5.74, 6) is -2.06. The van der Waals surface area contributed by atoms with Crippen molar-refractivity contribution in [3.8, 4) is 5.75 Å². The first-order valence-electron chi connectivity index (χ1n) is 11.4. The van der Waals surface area contributed by atoms with Crippen molar-refractivity contribution in [3.05, 3.63) is 29.8 Å². The maximum atomic E-state index is 12.4. The molecule has 0 bridgehead atoms. The van der Waals surface area contributed by atoms with Gasteiger partial charge in [-0.3, -0.25) is 9.59 Å². The van der Waals surface area contributed by atoms with Crippen LogP contribution in [0.25, 0.3) is 0 Å². The molecule has 9 nitrogen and oxygen atoms in total. The first kappa shape index (κ1) is 26.3. The summed E-state index contributed by atoms with van der Waals surface area (Å²) in [6.45, 7) is 3.89. The summed E-state index contributed by atoms with van der Waals surface area (Å²) >= 11 is 0. The van der Waals surface area contributed by atoms with Gasteiger partial charge >= 0.3 is 23.9 Å². The highest BCUT2D eigenvalue weighted by atomic mass is 16.6. The molecule has 2 N–H and O–H groups in total. The van der Waals surface area contributed by atoms with Gasteiger partial charge in [-0.1, -0.05) is 12.1 Å². The molecular weight excluding hydrogens is 430 g/mol. The molecule has 0 spiro atoms. The largest absolute Gasteiger partial charge is 0.463 e. The van der Waals surface area contributed by atoms with Crippen molar-refractivity contribution in [1.29, 1.82) is 0 Å². The van der Waals surface area contributed by atoms with E-state index in [1.165, 1.54) is 0 Å². The van der Waals surface area contributed by atoms with Crippen LogP contribution in [0.1, 0.15) is 51.5 Å². The van der Waals surface area contributed by atoms with E-state index in [0.717, 1.165) is 31.2 Å². The van der Waals surface area contributed by atoms with Crippen LogP contribution in [-0.2, 0) is 39.8 Å². The molecular formula is C24H33NO8. The Kier molecular flexibility index (Phi) is 10.8. The van der Waals surface area contributed by atoms with Gasteiger partial charge in [-0.2, -0.15) is 0 Å². The van der Waals surface area contributed by atoms with E-state index in [1.807, 2.05) is 0 Å². The standard InChI is InChI=1S/C24H33NO8/c1-3-30-23(28)21(24(29)31-4-2)33-20(26)14-9-16-7-12-19(13-8-16)32-22(27)18-10-5-17(15-25)6-11-18/h7-8,12-13,17-18,21H,3-6,9-11,14-15,25H2,1-2H3. The fourth-order valence-electron chi connectivity index (χ4n) is 3.62. The number of carbonyl (C=O) groups is 4. The van der Waals surface area contributed by atoms with E-state index in [2.05, 4.69) is 0 Å². The van der Waals surface area contributed by atoms with Crippen molar-refractivity contribution in [3.63, 3.8) is 0 Å². The summed E-state index contributed by atoms with van der Waals surface area (Å²) in [7, 11) is 0. The zero-order valence-electron chi connectivity index (χ0n) is 19.2. The summed E-state index contributed by atoms with van der Waals surface area (Å²) in [6, 6.07) is 6.83. The molecule has 0 heterocycles. The summed E-state index contributed by atoms with van der Waals surface area (Å²) in [5.41, 5.74) is 6.50. The zero-order chi connectivity index (χ0) is 24.2. The van der Waals surface area contributed by atoms with Crippen molar-refractivity contribution in [2.45, 2.75) is 58.5 Å². The maximum absolute atomic E-state index is 12.4. The number of aryl methyl sites for hydroxylation is 1. The van der Waals surface area contributed by atoms with Crippen LogP contribution in [0.5, 0.6) is 5.75 Å². The predicted molar refractivity (Wildman–Crippen MR) is 118 cm³/mol. The predicted octanol–water partition coefficient (Wildman–Crippen LogP) is 2.33. The van der Waals surface area contributed by atoms with Crippen molar-refractivity contribution in [2.24, 2.45) is 17.6 Å². The Morgan fingerprint density at radius 2 is 1.52 bits per heavy atom. The molecule has 33 heavy (non-hydrogen) atoms. The third-order valence-corrected chi connectivity index (χ3v) is 5.52. The second kappa shape index (κ2) is 13.6. The number of carbonyl (C=O) groups excluding carboxylic acids is 4. The highest BCUT2D eigenvalue weighted by Gasteiger charge is 2.33. The molecule has 0 aromatic heterocycles. The number of rotatable bonds is 11. The van der Waals surface area contributed by atoms with Crippen molar-refractivity contribution in [2.75, 3.05) is 19.8 Å². The average Bonchev–Trinajstić information content (AvgIpc) is 2.82. The van der Waals surface area contributed by atoms with Gasteiger partial charge in [-0.05, 0) is 76.1 Å². The van der Waals surface area contributed by atoms with Gasteiger partial charge < -0.3 is 24.7 Å². The molecule has 1 fully saturated rings. The van der Waals surface area contributed by atoms with Gasteiger partial charge in [0.15, 0.2) is 0 Å². The minimum absolute atomic E-state index is 0.0399. The van der Waals surface area contributed by atoms with E-state index in [-0.39, 0.29) is 31.5 Å². The van der Waals surface area contributed by atoms with Crippen LogP contribution in [0.2, 0.25) is 0 Å². The number of ether oxygens (including phenoxy) is 4. The zero-order valence-corrected chi connectivity index (χ0v) is 19.2. The van der Waals surface area contributed by atoms with E-state index in [4.69, 9.17) is 24.7 Å². The number of hydrogen-bond donors (Lipinski definition) is 1. The number of nitrogens with two attached hydrogens (primary N) is 1. The fourth-order valence-corrected chi connectivity index (χ4v) is 3.62. The second-order valence-electron chi connectivity index (χ2n) is 7.89. The number of hydrogen-bond acceptors (Lipinski definition) is 9. The Morgan fingerprint density at radius 3 is 2.03 bits per heavy atom. The Morgan fingerprint density at radius 1 is 0.939 bits per heavy atom. The van der Waals surface area contributed by atoms with Gasteiger partial charge in [0.2, 0.25) is 0 Å². The van der Waals surface area contributed by atoms with Crippen LogP contribution in [0, 0.1) is 11.8 Å². The van der Waals surface area contributed by atoms with Gasteiger partial charge in [-0.15, -0.1) is 0 Å². The summed E-state index contributed by atoms with van der Waals surface area (Å²) < 4.78 is 20.0. The van der Waals surface area contributed by atoms with E-state index in [0.29, 0.717) is 24.6 Å². The summed E-state index contributed by atoms with van der Waals surface area (Å²) in [5, 5.41) is 0.